The lowest BCUT2D eigenvalue weighted by atomic mass is 10.1. The van der Waals surface area contributed by atoms with Gasteiger partial charge in [0.15, 0.2) is 0 Å². The molecule has 3 aromatic rings. The maximum atomic E-state index is 12.5. The summed E-state index contributed by atoms with van der Waals surface area (Å²) in [4.78, 5) is 29.0. The van der Waals surface area contributed by atoms with Gasteiger partial charge in [0.25, 0.3) is 0 Å². The molecule has 176 valence electrons. The predicted octanol–water partition coefficient (Wildman–Crippen LogP) is 4.19. The highest BCUT2D eigenvalue weighted by molar-refractivity contribution is 5.91. The molecular weight excluding hydrogens is 428 g/mol. The van der Waals surface area contributed by atoms with Crippen molar-refractivity contribution in [1.82, 2.24) is 9.80 Å². The van der Waals surface area contributed by atoms with Crippen LogP contribution in [-0.2, 0) is 17.9 Å². The molecule has 0 unspecified atom stereocenters. The molecule has 0 spiro atoms. The zero-order valence-corrected chi connectivity index (χ0v) is 19.7. The van der Waals surface area contributed by atoms with E-state index in [9.17, 15) is 9.59 Å². The fourth-order valence-electron chi connectivity index (χ4n) is 4.12. The standard InChI is InChI=1S/C28H30N2O4/c1-21-14-22(2)16-24(15-21)19-34-27-20-33-25(17-26(27)31)18-29-10-12-30(13-11-29)28(32)9-8-23-6-4-3-5-7-23/h3-9,14-17,20H,10-13,18-19H2,1-2H3/b9-8+. The second kappa shape index (κ2) is 11.0. The first-order chi connectivity index (χ1) is 16.5. The van der Waals surface area contributed by atoms with Crippen molar-refractivity contribution in [2.24, 2.45) is 0 Å². The zero-order valence-electron chi connectivity index (χ0n) is 19.7. The van der Waals surface area contributed by atoms with Gasteiger partial charge in [0.1, 0.15) is 18.6 Å². The Balaban J connectivity index is 1.27. The number of carbonyl (C=O) groups is 1. The SMILES string of the molecule is Cc1cc(C)cc(COc2coc(CN3CCN(C(=O)/C=C/c4ccccc4)CC3)cc2=O)c1. The Morgan fingerprint density at radius 1 is 1.00 bits per heavy atom. The van der Waals surface area contributed by atoms with Crippen LogP contribution < -0.4 is 10.2 Å². The van der Waals surface area contributed by atoms with E-state index < -0.39 is 0 Å². The lowest BCUT2D eigenvalue weighted by Crippen LogP contribution is -2.47. The van der Waals surface area contributed by atoms with Crippen molar-refractivity contribution in [3.8, 4) is 5.75 Å². The molecule has 0 aliphatic carbocycles. The summed E-state index contributed by atoms with van der Waals surface area (Å²) in [5.74, 6) is 0.816. The second-order valence-corrected chi connectivity index (χ2v) is 8.70. The number of ether oxygens (including phenoxy) is 1. The summed E-state index contributed by atoms with van der Waals surface area (Å²) in [5, 5.41) is 0. The van der Waals surface area contributed by atoms with Gasteiger partial charge in [0, 0.05) is 38.3 Å². The quantitative estimate of drug-likeness (QED) is 0.497. The normalized spacial score (nSPS) is 14.5. The summed E-state index contributed by atoms with van der Waals surface area (Å²) in [7, 11) is 0. The van der Waals surface area contributed by atoms with Crippen LogP contribution in [0.3, 0.4) is 0 Å². The Morgan fingerprint density at radius 3 is 2.38 bits per heavy atom. The molecule has 0 N–H and O–H groups in total. The molecule has 0 radical (unpaired) electrons. The van der Waals surface area contributed by atoms with Crippen LogP contribution in [0, 0.1) is 13.8 Å². The van der Waals surface area contributed by atoms with E-state index in [-0.39, 0.29) is 17.1 Å². The van der Waals surface area contributed by atoms with E-state index in [2.05, 4.69) is 11.0 Å². The van der Waals surface area contributed by atoms with Crippen molar-refractivity contribution in [3.05, 3.63) is 105 Å². The molecule has 1 aliphatic rings. The Hall–Kier alpha value is -3.64. The van der Waals surface area contributed by atoms with E-state index in [1.54, 1.807) is 6.08 Å². The Labute approximate surface area is 200 Å². The molecule has 1 aliphatic heterocycles. The molecule has 1 aromatic heterocycles. The summed E-state index contributed by atoms with van der Waals surface area (Å²) in [6, 6.07) is 17.5. The lowest BCUT2D eigenvalue weighted by molar-refractivity contribution is -0.127. The summed E-state index contributed by atoms with van der Waals surface area (Å²) < 4.78 is 11.4. The molecule has 0 bridgehead atoms. The van der Waals surface area contributed by atoms with Crippen molar-refractivity contribution in [2.45, 2.75) is 27.0 Å². The first-order valence-electron chi connectivity index (χ1n) is 11.5. The smallest absolute Gasteiger partial charge is 0.246 e. The van der Waals surface area contributed by atoms with E-state index in [1.807, 2.05) is 67.3 Å². The number of amides is 1. The second-order valence-electron chi connectivity index (χ2n) is 8.70. The molecule has 2 aromatic carbocycles. The van der Waals surface area contributed by atoms with Crippen molar-refractivity contribution < 1.29 is 13.9 Å². The van der Waals surface area contributed by atoms with Crippen LogP contribution in [0.2, 0.25) is 0 Å². The van der Waals surface area contributed by atoms with Gasteiger partial charge in [-0.1, -0.05) is 59.7 Å². The maximum absolute atomic E-state index is 12.5. The van der Waals surface area contributed by atoms with Crippen LogP contribution in [0.1, 0.15) is 28.0 Å². The molecule has 6 nitrogen and oxygen atoms in total. The average molecular weight is 459 g/mol. The van der Waals surface area contributed by atoms with Gasteiger partial charge in [-0.2, -0.15) is 0 Å². The van der Waals surface area contributed by atoms with Gasteiger partial charge in [0.05, 0.1) is 6.54 Å². The van der Waals surface area contributed by atoms with Gasteiger partial charge in [-0.25, -0.2) is 0 Å². The molecule has 6 heteroatoms. The van der Waals surface area contributed by atoms with Crippen LogP contribution in [-0.4, -0.2) is 41.9 Å². The third kappa shape index (κ3) is 6.45. The minimum Gasteiger partial charge on any atom is -0.482 e. The van der Waals surface area contributed by atoms with Crippen LogP contribution in [0.15, 0.2) is 76.1 Å². The van der Waals surface area contributed by atoms with E-state index in [1.165, 1.54) is 12.3 Å². The molecule has 1 amide bonds. The van der Waals surface area contributed by atoms with Gasteiger partial charge in [0.2, 0.25) is 17.1 Å². The van der Waals surface area contributed by atoms with Crippen molar-refractivity contribution in [2.75, 3.05) is 26.2 Å². The third-order valence-electron chi connectivity index (χ3n) is 5.81. The fourth-order valence-corrected chi connectivity index (χ4v) is 4.12. The predicted molar refractivity (Wildman–Crippen MR) is 133 cm³/mol. The lowest BCUT2D eigenvalue weighted by Gasteiger charge is -2.33. The summed E-state index contributed by atoms with van der Waals surface area (Å²) in [6.45, 7) is 7.64. The number of carbonyl (C=O) groups excluding carboxylic acids is 1. The number of hydrogen-bond acceptors (Lipinski definition) is 5. The Kier molecular flexibility index (Phi) is 7.60. The maximum Gasteiger partial charge on any atom is 0.246 e. The topological polar surface area (TPSA) is 63.0 Å². The highest BCUT2D eigenvalue weighted by Gasteiger charge is 2.20. The molecule has 0 saturated carbocycles. The van der Waals surface area contributed by atoms with E-state index in [4.69, 9.17) is 9.15 Å². The zero-order chi connectivity index (χ0) is 23.9. The monoisotopic (exact) mass is 458 g/mol. The number of nitrogens with zero attached hydrogens (tertiary/aromatic N) is 2. The molecule has 0 atom stereocenters. The minimum absolute atomic E-state index is 0.0142. The van der Waals surface area contributed by atoms with Crippen molar-refractivity contribution in [3.63, 3.8) is 0 Å². The number of aryl methyl sites for hydroxylation is 2. The van der Waals surface area contributed by atoms with Crippen LogP contribution in [0.25, 0.3) is 6.08 Å². The largest absolute Gasteiger partial charge is 0.482 e. The van der Waals surface area contributed by atoms with E-state index in [0.29, 0.717) is 32.0 Å². The number of hydrogen-bond donors (Lipinski definition) is 0. The molecular formula is C28H30N2O4. The molecule has 34 heavy (non-hydrogen) atoms. The van der Waals surface area contributed by atoms with Crippen LogP contribution in [0.5, 0.6) is 5.75 Å². The van der Waals surface area contributed by atoms with Gasteiger partial charge in [-0.05, 0) is 31.1 Å². The molecule has 2 heterocycles. The highest BCUT2D eigenvalue weighted by atomic mass is 16.5. The molecule has 4 rings (SSSR count). The van der Waals surface area contributed by atoms with Gasteiger partial charge in [-0.15, -0.1) is 0 Å². The number of rotatable bonds is 7. The first kappa shape index (κ1) is 23.5. The fraction of sp³-hybridized carbons (Fsp3) is 0.286. The molecule has 1 saturated heterocycles. The molecule has 1 fully saturated rings. The van der Waals surface area contributed by atoms with E-state index >= 15 is 0 Å². The number of piperazine rings is 1. The number of benzene rings is 2. The van der Waals surface area contributed by atoms with Gasteiger partial charge in [-0.3, -0.25) is 14.5 Å². The highest BCUT2D eigenvalue weighted by Crippen LogP contribution is 2.14. The van der Waals surface area contributed by atoms with Gasteiger partial charge < -0.3 is 14.1 Å². The third-order valence-corrected chi connectivity index (χ3v) is 5.81. The Morgan fingerprint density at radius 2 is 1.71 bits per heavy atom. The Bertz CT molecular complexity index is 1190. The van der Waals surface area contributed by atoms with Crippen molar-refractivity contribution >= 4 is 12.0 Å². The first-order valence-corrected chi connectivity index (χ1v) is 11.5. The summed E-state index contributed by atoms with van der Waals surface area (Å²) in [5.41, 5.74) is 4.16. The van der Waals surface area contributed by atoms with Gasteiger partial charge >= 0.3 is 0 Å². The minimum atomic E-state index is -0.189. The van der Waals surface area contributed by atoms with Crippen molar-refractivity contribution in [1.29, 1.82) is 0 Å². The summed E-state index contributed by atoms with van der Waals surface area (Å²) >= 11 is 0. The van der Waals surface area contributed by atoms with E-state index in [0.717, 1.165) is 35.3 Å². The average Bonchev–Trinajstić information content (AvgIpc) is 2.82. The van der Waals surface area contributed by atoms with Crippen LogP contribution in [0.4, 0.5) is 0 Å². The summed E-state index contributed by atoms with van der Waals surface area (Å²) in [6.07, 6.45) is 4.86. The van der Waals surface area contributed by atoms with Crippen LogP contribution >= 0.6 is 0 Å².